The van der Waals surface area contributed by atoms with Crippen molar-refractivity contribution >= 4 is 5.69 Å². The molecule has 6 heteroatoms. The third-order valence-electron chi connectivity index (χ3n) is 5.96. The van der Waals surface area contributed by atoms with Crippen molar-refractivity contribution in [2.75, 3.05) is 31.1 Å². The van der Waals surface area contributed by atoms with E-state index in [0.717, 1.165) is 32.0 Å². The summed E-state index contributed by atoms with van der Waals surface area (Å²) in [6.45, 7) is 12.6. The highest BCUT2D eigenvalue weighted by atomic mass is 15.6. The molecule has 0 N–H and O–H groups in total. The van der Waals surface area contributed by atoms with Crippen LogP contribution in [0.2, 0.25) is 0 Å². The van der Waals surface area contributed by atoms with Gasteiger partial charge in [-0.25, -0.2) is 4.68 Å². The summed E-state index contributed by atoms with van der Waals surface area (Å²) in [5, 5.41) is 12.7. The number of hydrogen-bond donors (Lipinski definition) is 0. The average Bonchev–Trinajstić information content (AvgIpc) is 3.21. The number of tetrazole rings is 1. The Hall–Kier alpha value is -2.73. The van der Waals surface area contributed by atoms with Crippen LogP contribution in [0, 0.1) is 13.8 Å². The van der Waals surface area contributed by atoms with Crippen molar-refractivity contribution in [1.82, 2.24) is 25.1 Å². The molecule has 29 heavy (non-hydrogen) atoms. The minimum absolute atomic E-state index is 0.0642. The number of nitrogens with zero attached hydrogens (tertiary/aromatic N) is 6. The van der Waals surface area contributed by atoms with Gasteiger partial charge in [0.1, 0.15) is 0 Å². The maximum Gasteiger partial charge on any atom is 0.173 e. The highest BCUT2D eigenvalue weighted by Gasteiger charge is 2.31. The minimum atomic E-state index is 0.0642. The molecular formula is C23H30N6. The molecule has 4 rings (SSSR count). The van der Waals surface area contributed by atoms with Gasteiger partial charge in [-0.2, -0.15) is 0 Å². The van der Waals surface area contributed by atoms with E-state index in [-0.39, 0.29) is 12.1 Å². The van der Waals surface area contributed by atoms with Crippen molar-refractivity contribution in [2.24, 2.45) is 0 Å². The van der Waals surface area contributed by atoms with Gasteiger partial charge in [-0.1, -0.05) is 42.5 Å². The topological polar surface area (TPSA) is 50.1 Å². The minimum Gasteiger partial charge on any atom is -0.369 e. The van der Waals surface area contributed by atoms with Crippen LogP contribution in [-0.4, -0.2) is 51.3 Å². The Morgan fingerprint density at radius 1 is 0.862 bits per heavy atom. The lowest BCUT2D eigenvalue weighted by atomic mass is 10.0. The largest absolute Gasteiger partial charge is 0.369 e. The quantitative estimate of drug-likeness (QED) is 0.664. The van der Waals surface area contributed by atoms with Gasteiger partial charge in [0.25, 0.3) is 0 Å². The maximum absolute atomic E-state index is 4.44. The summed E-state index contributed by atoms with van der Waals surface area (Å²) in [4.78, 5) is 5.02. The molecular weight excluding hydrogens is 360 g/mol. The van der Waals surface area contributed by atoms with Crippen molar-refractivity contribution in [3.63, 3.8) is 0 Å². The first-order valence-electron chi connectivity index (χ1n) is 10.4. The smallest absolute Gasteiger partial charge is 0.173 e. The first-order valence-corrected chi connectivity index (χ1v) is 10.4. The Morgan fingerprint density at radius 2 is 1.59 bits per heavy atom. The van der Waals surface area contributed by atoms with Gasteiger partial charge >= 0.3 is 0 Å². The van der Waals surface area contributed by atoms with Crippen LogP contribution in [-0.2, 0) is 0 Å². The second kappa shape index (κ2) is 8.33. The molecule has 0 aliphatic carbocycles. The second-order valence-electron chi connectivity index (χ2n) is 8.13. The molecule has 1 aliphatic heterocycles. The van der Waals surface area contributed by atoms with E-state index in [1.165, 1.54) is 22.4 Å². The molecule has 0 unspecified atom stereocenters. The van der Waals surface area contributed by atoms with Crippen molar-refractivity contribution in [3.05, 3.63) is 71.0 Å². The summed E-state index contributed by atoms with van der Waals surface area (Å²) >= 11 is 0. The van der Waals surface area contributed by atoms with Crippen molar-refractivity contribution in [2.45, 2.75) is 39.8 Å². The predicted molar refractivity (Wildman–Crippen MR) is 116 cm³/mol. The molecule has 2 heterocycles. The number of benzene rings is 2. The zero-order chi connectivity index (χ0) is 20.4. The van der Waals surface area contributed by atoms with Gasteiger partial charge in [-0.3, -0.25) is 4.90 Å². The molecule has 2 aromatic carbocycles. The Balaban J connectivity index is 1.60. The van der Waals surface area contributed by atoms with Crippen LogP contribution in [0.4, 0.5) is 5.69 Å². The van der Waals surface area contributed by atoms with E-state index in [9.17, 15) is 0 Å². The van der Waals surface area contributed by atoms with Gasteiger partial charge in [-0.05, 0) is 60.9 Å². The summed E-state index contributed by atoms with van der Waals surface area (Å²) in [6.07, 6.45) is 0. The predicted octanol–water partition coefficient (Wildman–Crippen LogP) is 3.78. The van der Waals surface area contributed by atoms with E-state index in [0.29, 0.717) is 0 Å². The lowest BCUT2D eigenvalue weighted by Gasteiger charge is -2.40. The molecule has 1 atom stereocenters. The average molecular weight is 391 g/mol. The van der Waals surface area contributed by atoms with Crippen LogP contribution in [0.1, 0.15) is 48.4 Å². The molecule has 0 amide bonds. The van der Waals surface area contributed by atoms with Gasteiger partial charge in [0.2, 0.25) is 0 Å². The number of anilines is 1. The summed E-state index contributed by atoms with van der Waals surface area (Å²) in [5.74, 6) is 0.923. The molecule has 3 aromatic rings. The van der Waals surface area contributed by atoms with E-state index in [2.05, 4.69) is 102 Å². The Labute approximate surface area is 173 Å². The second-order valence-corrected chi connectivity index (χ2v) is 8.13. The summed E-state index contributed by atoms with van der Waals surface area (Å²) in [7, 11) is 0. The zero-order valence-electron chi connectivity index (χ0n) is 17.8. The highest BCUT2D eigenvalue weighted by molar-refractivity contribution is 5.56. The van der Waals surface area contributed by atoms with Crippen LogP contribution in [0.15, 0.2) is 48.5 Å². The Kier molecular flexibility index (Phi) is 5.62. The van der Waals surface area contributed by atoms with Crippen LogP contribution in [0.5, 0.6) is 0 Å². The van der Waals surface area contributed by atoms with Gasteiger partial charge in [0, 0.05) is 31.9 Å². The normalized spacial score (nSPS) is 16.4. The van der Waals surface area contributed by atoms with Crippen molar-refractivity contribution in [1.29, 1.82) is 0 Å². The number of piperazine rings is 1. The molecule has 0 spiro atoms. The number of hydrogen-bond acceptors (Lipinski definition) is 5. The van der Waals surface area contributed by atoms with Gasteiger partial charge < -0.3 is 4.90 Å². The van der Waals surface area contributed by atoms with Crippen LogP contribution >= 0.6 is 0 Å². The van der Waals surface area contributed by atoms with Crippen LogP contribution in [0.25, 0.3) is 0 Å². The van der Waals surface area contributed by atoms with Crippen molar-refractivity contribution < 1.29 is 0 Å². The van der Waals surface area contributed by atoms with Gasteiger partial charge in [0.05, 0.1) is 12.1 Å². The zero-order valence-corrected chi connectivity index (χ0v) is 17.8. The van der Waals surface area contributed by atoms with Gasteiger partial charge in [-0.15, -0.1) is 5.10 Å². The molecule has 0 bridgehead atoms. The number of aromatic nitrogens is 4. The molecule has 0 saturated carbocycles. The molecule has 1 fully saturated rings. The fourth-order valence-corrected chi connectivity index (χ4v) is 4.21. The summed E-state index contributed by atoms with van der Waals surface area (Å²) in [6, 6.07) is 17.5. The van der Waals surface area contributed by atoms with E-state index >= 15 is 0 Å². The highest BCUT2D eigenvalue weighted by Crippen LogP contribution is 2.31. The summed E-state index contributed by atoms with van der Waals surface area (Å²) in [5.41, 5.74) is 5.32. The van der Waals surface area contributed by atoms with E-state index in [4.69, 9.17) is 0 Å². The first-order chi connectivity index (χ1) is 14.1. The Morgan fingerprint density at radius 3 is 2.28 bits per heavy atom. The Bertz CT molecular complexity index is 941. The molecule has 1 aliphatic rings. The molecule has 0 radical (unpaired) electrons. The molecule has 152 valence electrons. The van der Waals surface area contributed by atoms with Gasteiger partial charge in [0.15, 0.2) is 5.82 Å². The number of aryl methyl sites for hydroxylation is 1. The third-order valence-corrected chi connectivity index (χ3v) is 5.96. The fourth-order valence-electron chi connectivity index (χ4n) is 4.21. The SMILES string of the molecule is Cc1cccc(N2CCN([C@@H](c3ccccc3)c3nnnn3C(C)C)CC2)c1C. The van der Waals surface area contributed by atoms with E-state index in [1.54, 1.807) is 0 Å². The van der Waals surface area contributed by atoms with Crippen LogP contribution in [0.3, 0.4) is 0 Å². The molecule has 1 saturated heterocycles. The molecule has 6 nitrogen and oxygen atoms in total. The van der Waals surface area contributed by atoms with E-state index < -0.39 is 0 Å². The van der Waals surface area contributed by atoms with E-state index in [1.807, 2.05) is 4.68 Å². The van der Waals surface area contributed by atoms with Crippen molar-refractivity contribution in [3.8, 4) is 0 Å². The first kappa shape index (κ1) is 19.6. The standard InChI is InChI=1S/C23H30N6/c1-17(2)29-23(24-25-26-29)22(20-10-6-5-7-11-20)28-15-13-27(14-16-28)21-12-8-9-18(3)19(21)4/h5-12,17,22H,13-16H2,1-4H3/t22-/m0/s1. The maximum atomic E-state index is 4.44. The van der Waals surface area contributed by atoms with Crippen LogP contribution < -0.4 is 4.90 Å². The monoisotopic (exact) mass is 390 g/mol. The molecule has 1 aromatic heterocycles. The third kappa shape index (κ3) is 3.90. The fraction of sp³-hybridized carbons (Fsp3) is 0.435. The summed E-state index contributed by atoms with van der Waals surface area (Å²) < 4.78 is 1.95. The lowest BCUT2D eigenvalue weighted by molar-refractivity contribution is 0.199. The number of rotatable bonds is 5. The lowest BCUT2D eigenvalue weighted by Crippen LogP contribution is -2.48.